The normalized spacial score (nSPS) is 8.80. The van der Waals surface area contributed by atoms with Crippen LogP contribution in [0.2, 0.25) is 0 Å². The van der Waals surface area contributed by atoms with Crippen LogP contribution in [-0.4, -0.2) is 26.8 Å². The largest absolute Gasteiger partial charge is 0.599 e. The molecule has 0 bridgehead atoms. The average molecular weight is 220 g/mol. The maximum Gasteiger partial charge on any atom is 0.599 e. The first-order valence-electron chi connectivity index (χ1n) is 3.10. The second kappa shape index (κ2) is 4.50. The van der Waals surface area contributed by atoms with Gasteiger partial charge in [0.2, 0.25) is 0 Å². The third-order valence-electron chi connectivity index (χ3n) is 1.03. The predicted octanol–water partition coefficient (Wildman–Crippen LogP) is -2.17. The van der Waals surface area contributed by atoms with Crippen LogP contribution in [0.1, 0.15) is 0 Å². The summed E-state index contributed by atoms with van der Waals surface area (Å²) in [6, 6.07) is 0. The van der Waals surface area contributed by atoms with Gasteiger partial charge < -0.3 is 10.8 Å². The first-order valence-corrected chi connectivity index (χ1v) is 3.10. The summed E-state index contributed by atoms with van der Waals surface area (Å²) in [5.74, 6) is -6.65. The molecule has 11 nitrogen and oxygen atoms in total. The van der Waals surface area contributed by atoms with E-state index in [0.717, 1.165) is 0 Å². The summed E-state index contributed by atoms with van der Waals surface area (Å²) < 4.78 is 0. The summed E-state index contributed by atoms with van der Waals surface area (Å²) in [5, 5.41) is 29.5. The zero-order valence-electron chi connectivity index (χ0n) is 6.87. The lowest BCUT2D eigenvalue weighted by Crippen LogP contribution is -2.36. The van der Waals surface area contributed by atoms with E-state index >= 15 is 0 Å². The summed E-state index contributed by atoms with van der Waals surface area (Å²) >= 11 is 0. The minimum absolute atomic E-state index is 1.25. The third kappa shape index (κ3) is 3.25. The van der Waals surface area contributed by atoms with Gasteiger partial charge in [-0.25, -0.2) is 4.79 Å². The number of nitrogens with one attached hydrogen (secondary N) is 1. The molecule has 0 aromatic rings. The third-order valence-corrected chi connectivity index (χ3v) is 1.03. The number of hydrogen-bond acceptors (Lipinski definition) is 7. The van der Waals surface area contributed by atoms with Crippen molar-refractivity contribution in [3.8, 4) is 0 Å². The summed E-state index contributed by atoms with van der Waals surface area (Å²) in [7, 11) is 0. The number of nitrogens with zero attached hydrogens (tertiary/aromatic N) is 2. The molecule has 0 aliphatic carbocycles. The predicted molar refractivity (Wildman–Crippen MR) is 41.0 cm³/mol. The van der Waals surface area contributed by atoms with Crippen molar-refractivity contribution >= 4 is 11.9 Å². The molecule has 11 heteroatoms. The molecule has 0 rings (SSSR count). The van der Waals surface area contributed by atoms with Gasteiger partial charge in [-0.2, -0.15) is 0 Å². The summed E-state index contributed by atoms with van der Waals surface area (Å²) in [5.41, 5.74) is 4.76. The lowest BCUT2D eigenvalue weighted by atomic mass is 10.5. The molecule has 0 aromatic heterocycles. The second-order valence-corrected chi connectivity index (χ2v) is 2.01. The highest BCUT2D eigenvalue weighted by atomic mass is 16.7. The fourth-order valence-electron chi connectivity index (χ4n) is 0.495. The zero-order chi connectivity index (χ0) is 12.2. The molecule has 0 heterocycles. The highest BCUT2D eigenvalue weighted by Crippen LogP contribution is 1.98. The SMILES string of the molecule is NC(NC(=O)C(=O)O)=C([N+](=O)[O-])[N+](=O)[O-]. The Morgan fingerprint density at radius 3 is 1.87 bits per heavy atom. The molecule has 82 valence electrons. The molecule has 0 saturated carbocycles. The number of carbonyl (C=O) groups excluding carboxylic acids is 1. The van der Waals surface area contributed by atoms with Crippen molar-refractivity contribution in [2.75, 3.05) is 0 Å². The van der Waals surface area contributed by atoms with Gasteiger partial charge in [-0.1, -0.05) is 0 Å². The van der Waals surface area contributed by atoms with Gasteiger partial charge in [0, 0.05) is 0 Å². The quantitative estimate of drug-likeness (QED) is 0.273. The summed E-state index contributed by atoms with van der Waals surface area (Å²) in [6.07, 6.45) is 0. The summed E-state index contributed by atoms with van der Waals surface area (Å²) in [6.45, 7) is 0. The van der Waals surface area contributed by atoms with Crippen molar-refractivity contribution < 1.29 is 24.5 Å². The van der Waals surface area contributed by atoms with Crippen molar-refractivity contribution in [2.45, 2.75) is 0 Å². The Kier molecular flexibility index (Phi) is 3.68. The van der Waals surface area contributed by atoms with E-state index in [0.29, 0.717) is 0 Å². The van der Waals surface area contributed by atoms with Gasteiger partial charge in [0.1, 0.15) is 9.85 Å². The number of rotatable bonds is 3. The Labute approximate surface area is 80.5 Å². The molecule has 0 saturated heterocycles. The van der Waals surface area contributed by atoms with Crippen LogP contribution in [0.4, 0.5) is 0 Å². The van der Waals surface area contributed by atoms with Crippen molar-refractivity contribution in [3.05, 3.63) is 31.9 Å². The first-order chi connectivity index (χ1) is 6.77. The molecular weight excluding hydrogens is 216 g/mol. The topological polar surface area (TPSA) is 179 Å². The van der Waals surface area contributed by atoms with E-state index < -0.39 is 33.4 Å². The van der Waals surface area contributed by atoms with Crippen LogP contribution >= 0.6 is 0 Å². The number of amides is 1. The lowest BCUT2D eigenvalue weighted by molar-refractivity contribution is -0.617. The number of hydrogen-bond donors (Lipinski definition) is 3. The number of nitro groups is 2. The Morgan fingerprint density at radius 1 is 1.20 bits per heavy atom. The van der Waals surface area contributed by atoms with Crippen molar-refractivity contribution in [2.24, 2.45) is 5.73 Å². The van der Waals surface area contributed by atoms with Crippen molar-refractivity contribution in [1.82, 2.24) is 5.32 Å². The number of carboxylic acids is 1. The first kappa shape index (κ1) is 12.3. The van der Waals surface area contributed by atoms with Crippen LogP contribution in [-0.2, 0) is 9.59 Å². The Balaban J connectivity index is 5.05. The Morgan fingerprint density at radius 2 is 1.60 bits per heavy atom. The second-order valence-electron chi connectivity index (χ2n) is 2.01. The van der Waals surface area contributed by atoms with Gasteiger partial charge in [-0.05, 0) is 0 Å². The van der Waals surface area contributed by atoms with Gasteiger partial charge in [0.05, 0.1) is 0 Å². The van der Waals surface area contributed by atoms with E-state index in [1.807, 2.05) is 0 Å². The molecule has 0 aromatic carbocycles. The molecule has 15 heavy (non-hydrogen) atoms. The van der Waals surface area contributed by atoms with Gasteiger partial charge in [-0.15, -0.1) is 0 Å². The Bertz CT molecular complexity index is 355. The monoisotopic (exact) mass is 220 g/mol. The van der Waals surface area contributed by atoms with Crippen LogP contribution in [0.3, 0.4) is 0 Å². The van der Waals surface area contributed by atoms with Crippen molar-refractivity contribution in [3.63, 3.8) is 0 Å². The van der Waals surface area contributed by atoms with E-state index in [-0.39, 0.29) is 0 Å². The number of aliphatic carboxylic acids is 1. The maximum absolute atomic E-state index is 10.4. The minimum atomic E-state index is -1.98. The van der Waals surface area contributed by atoms with E-state index in [1.54, 1.807) is 0 Å². The minimum Gasteiger partial charge on any atom is -0.474 e. The van der Waals surface area contributed by atoms with Gasteiger partial charge >= 0.3 is 17.7 Å². The van der Waals surface area contributed by atoms with Crippen LogP contribution < -0.4 is 11.1 Å². The number of carbonyl (C=O) groups is 2. The fourth-order valence-corrected chi connectivity index (χ4v) is 0.495. The van der Waals surface area contributed by atoms with E-state index in [9.17, 15) is 29.8 Å². The molecule has 1 amide bonds. The zero-order valence-corrected chi connectivity index (χ0v) is 6.87. The van der Waals surface area contributed by atoms with Crippen LogP contribution in [0.25, 0.3) is 0 Å². The van der Waals surface area contributed by atoms with Gasteiger partial charge in [0.15, 0.2) is 0 Å². The molecular formula is C4H4N4O7. The molecule has 0 radical (unpaired) electrons. The highest BCUT2D eigenvalue weighted by Gasteiger charge is 2.32. The van der Waals surface area contributed by atoms with Crippen LogP contribution in [0.15, 0.2) is 11.6 Å². The molecule has 0 spiro atoms. The maximum atomic E-state index is 10.4. The van der Waals surface area contributed by atoms with E-state index in [2.05, 4.69) is 0 Å². The molecule has 4 N–H and O–H groups in total. The average Bonchev–Trinajstić information content (AvgIpc) is 2.01. The van der Waals surface area contributed by atoms with Gasteiger partial charge in [-0.3, -0.25) is 30.3 Å². The van der Waals surface area contributed by atoms with Crippen LogP contribution in [0.5, 0.6) is 0 Å². The molecule has 0 atom stereocenters. The van der Waals surface area contributed by atoms with E-state index in [1.165, 1.54) is 5.32 Å². The van der Waals surface area contributed by atoms with Gasteiger partial charge in [0.25, 0.3) is 5.82 Å². The van der Waals surface area contributed by atoms with Crippen LogP contribution in [0, 0.1) is 20.2 Å². The highest BCUT2D eigenvalue weighted by molar-refractivity contribution is 6.31. The standard InChI is InChI=1S/C4H4N4O7/c5-1(6-2(9)4(10)11)3(7(12)13)8(14)15/h5H2,(H,6,9)(H,10,11). The summed E-state index contributed by atoms with van der Waals surface area (Å²) in [4.78, 5) is 37.6. The molecule has 0 aliphatic heterocycles. The smallest absolute Gasteiger partial charge is 0.474 e. The lowest BCUT2D eigenvalue weighted by Gasteiger charge is -1.97. The fraction of sp³-hybridized carbons (Fsp3) is 0. The Hall–Kier alpha value is -2.72. The molecule has 0 aliphatic rings. The number of nitrogens with two attached hydrogens (primary N) is 1. The van der Waals surface area contributed by atoms with Crippen molar-refractivity contribution in [1.29, 1.82) is 0 Å². The molecule has 0 unspecified atom stereocenters. The van der Waals surface area contributed by atoms with E-state index in [4.69, 9.17) is 10.8 Å². The number of carboxylic acid groups (broad SMARTS) is 1. The molecule has 0 fully saturated rings.